The van der Waals surface area contributed by atoms with Gasteiger partial charge in [-0.05, 0) is 32.4 Å². The van der Waals surface area contributed by atoms with E-state index in [9.17, 15) is 0 Å². The first-order chi connectivity index (χ1) is 6.00. The quantitative estimate of drug-likeness (QED) is 0.638. The fourth-order valence-electron chi connectivity index (χ4n) is 2.00. The van der Waals surface area contributed by atoms with Gasteiger partial charge in [0.05, 0.1) is 0 Å². The third kappa shape index (κ3) is 1.23. The molecule has 70 valence electrons. The molecule has 0 saturated carbocycles. The fraction of sp³-hybridized carbons (Fsp3) is 0.500. The number of hydrogen-bond donors (Lipinski definition) is 1. The van der Waals surface area contributed by atoms with Crippen molar-refractivity contribution in [3.8, 4) is 0 Å². The van der Waals surface area contributed by atoms with E-state index in [-0.39, 0.29) is 5.54 Å². The maximum Gasteiger partial charge on any atom is 0.0384 e. The first kappa shape index (κ1) is 8.61. The SMILES string of the molecule is Cc1ccc2c(c1)C(C)C(C)(C)N2. The molecule has 0 radical (unpaired) electrons. The number of aryl methyl sites for hydroxylation is 1. The lowest BCUT2D eigenvalue weighted by Gasteiger charge is -2.24. The smallest absolute Gasteiger partial charge is 0.0384 e. The minimum absolute atomic E-state index is 0.204. The van der Waals surface area contributed by atoms with Crippen molar-refractivity contribution in [1.29, 1.82) is 0 Å². The largest absolute Gasteiger partial charge is 0.379 e. The molecule has 1 N–H and O–H groups in total. The Morgan fingerprint density at radius 1 is 1.31 bits per heavy atom. The van der Waals surface area contributed by atoms with Crippen LogP contribution in [0.4, 0.5) is 5.69 Å². The molecule has 1 aliphatic rings. The van der Waals surface area contributed by atoms with Crippen LogP contribution in [0.5, 0.6) is 0 Å². The van der Waals surface area contributed by atoms with Crippen molar-refractivity contribution in [1.82, 2.24) is 0 Å². The number of anilines is 1. The number of hydrogen-bond acceptors (Lipinski definition) is 1. The number of benzene rings is 1. The third-order valence-corrected chi connectivity index (χ3v) is 3.21. The van der Waals surface area contributed by atoms with Gasteiger partial charge in [-0.15, -0.1) is 0 Å². The van der Waals surface area contributed by atoms with Crippen molar-refractivity contribution in [3.05, 3.63) is 29.3 Å². The van der Waals surface area contributed by atoms with Crippen LogP contribution in [0.25, 0.3) is 0 Å². The molecule has 1 heteroatoms. The maximum atomic E-state index is 3.55. The van der Waals surface area contributed by atoms with E-state index in [0.29, 0.717) is 5.92 Å². The highest BCUT2D eigenvalue weighted by molar-refractivity contribution is 5.61. The highest BCUT2D eigenvalue weighted by Gasteiger charge is 2.34. The molecular formula is C12H17N. The normalized spacial score (nSPS) is 23.8. The molecule has 0 saturated heterocycles. The van der Waals surface area contributed by atoms with Crippen LogP contribution < -0.4 is 5.32 Å². The predicted molar refractivity (Wildman–Crippen MR) is 57.3 cm³/mol. The molecule has 2 rings (SSSR count). The van der Waals surface area contributed by atoms with Gasteiger partial charge in [0.15, 0.2) is 0 Å². The van der Waals surface area contributed by atoms with Gasteiger partial charge in [0, 0.05) is 17.1 Å². The standard InChI is InChI=1S/C12H17N/c1-8-5-6-11-10(7-8)9(2)12(3,4)13-11/h5-7,9,13H,1-4H3. The molecule has 1 aromatic rings. The summed E-state index contributed by atoms with van der Waals surface area (Å²) in [7, 11) is 0. The monoisotopic (exact) mass is 175 g/mol. The Kier molecular flexibility index (Phi) is 1.66. The lowest BCUT2D eigenvalue weighted by molar-refractivity contribution is 0.502. The summed E-state index contributed by atoms with van der Waals surface area (Å²) in [6.45, 7) is 8.95. The summed E-state index contributed by atoms with van der Waals surface area (Å²) < 4.78 is 0. The highest BCUT2D eigenvalue weighted by Crippen LogP contribution is 2.42. The second-order valence-electron chi connectivity index (χ2n) is 4.66. The van der Waals surface area contributed by atoms with Gasteiger partial charge in [0.25, 0.3) is 0 Å². The summed E-state index contributed by atoms with van der Waals surface area (Å²) in [4.78, 5) is 0. The predicted octanol–water partition coefficient (Wildman–Crippen LogP) is 3.30. The van der Waals surface area contributed by atoms with Gasteiger partial charge in [-0.2, -0.15) is 0 Å². The van der Waals surface area contributed by atoms with Crippen molar-refractivity contribution < 1.29 is 0 Å². The Morgan fingerprint density at radius 3 is 2.69 bits per heavy atom. The van der Waals surface area contributed by atoms with Gasteiger partial charge in [-0.1, -0.05) is 24.6 Å². The van der Waals surface area contributed by atoms with Crippen LogP contribution in [0.15, 0.2) is 18.2 Å². The molecular weight excluding hydrogens is 158 g/mol. The second kappa shape index (κ2) is 2.50. The molecule has 1 aliphatic heterocycles. The first-order valence-corrected chi connectivity index (χ1v) is 4.89. The van der Waals surface area contributed by atoms with E-state index >= 15 is 0 Å². The Morgan fingerprint density at radius 2 is 2.00 bits per heavy atom. The number of fused-ring (bicyclic) bond motifs is 1. The van der Waals surface area contributed by atoms with Crippen LogP contribution >= 0.6 is 0 Å². The van der Waals surface area contributed by atoms with E-state index < -0.39 is 0 Å². The van der Waals surface area contributed by atoms with Crippen molar-refractivity contribution in [2.45, 2.75) is 39.2 Å². The molecule has 0 amide bonds. The summed E-state index contributed by atoms with van der Waals surface area (Å²) in [5.41, 5.74) is 4.33. The molecule has 0 fully saturated rings. The van der Waals surface area contributed by atoms with E-state index in [2.05, 4.69) is 51.2 Å². The van der Waals surface area contributed by atoms with E-state index in [4.69, 9.17) is 0 Å². The van der Waals surface area contributed by atoms with Crippen LogP contribution in [-0.2, 0) is 0 Å². The average molecular weight is 175 g/mol. The lowest BCUT2D eigenvalue weighted by atomic mass is 9.87. The van der Waals surface area contributed by atoms with E-state index in [1.807, 2.05) is 0 Å². The summed E-state index contributed by atoms with van der Waals surface area (Å²) >= 11 is 0. The van der Waals surface area contributed by atoms with Crippen LogP contribution in [0, 0.1) is 6.92 Å². The van der Waals surface area contributed by atoms with Crippen molar-refractivity contribution >= 4 is 5.69 Å². The Hall–Kier alpha value is -0.980. The van der Waals surface area contributed by atoms with Crippen molar-refractivity contribution in [2.24, 2.45) is 0 Å². The molecule has 1 unspecified atom stereocenters. The van der Waals surface area contributed by atoms with Crippen LogP contribution in [0.1, 0.15) is 37.8 Å². The third-order valence-electron chi connectivity index (χ3n) is 3.21. The Bertz CT molecular complexity index is 339. The van der Waals surface area contributed by atoms with Crippen molar-refractivity contribution in [3.63, 3.8) is 0 Å². The van der Waals surface area contributed by atoms with E-state index in [0.717, 1.165) is 0 Å². The zero-order valence-corrected chi connectivity index (χ0v) is 8.81. The first-order valence-electron chi connectivity index (χ1n) is 4.89. The topological polar surface area (TPSA) is 12.0 Å². The van der Waals surface area contributed by atoms with Crippen LogP contribution in [-0.4, -0.2) is 5.54 Å². The molecule has 0 aromatic heterocycles. The molecule has 0 bridgehead atoms. The van der Waals surface area contributed by atoms with Gasteiger partial charge in [-0.3, -0.25) is 0 Å². The summed E-state index contributed by atoms with van der Waals surface area (Å²) in [5, 5.41) is 3.55. The van der Waals surface area contributed by atoms with E-state index in [1.165, 1.54) is 16.8 Å². The van der Waals surface area contributed by atoms with Crippen LogP contribution in [0.2, 0.25) is 0 Å². The summed E-state index contributed by atoms with van der Waals surface area (Å²) in [6, 6.07) is 6.65. The van der Waals surface area contributed by atoms with Gasteiger partial charge in [0.1, 0.15) is 0 Å². The zero-order chi connectivity index (χ0) is 9.64. The van der Waals surface area contributed by atoms with Gasteiger partial charge in [0.2, 0.25) is 0 Å². The molecule has 0 spiro atoms. The highest BCUT2D eigenvalue weighted by atomic mass is 15.0. The van der Waals surface area contributed by atoms with Crippen molar-refractivity contribution in [2.75, 3.05) is 5.32 Å². The van der Waals surface area contributed by atoms with Gasteiger partial charge in [-0.25, -0.2) is 0 Å². The maximum absolute atomic E-state index is 3.55. The van der Waals surface area contributed by atoms with Gasteiger partial charge < -0.3 is 5.32 Å². The molecule has 1 heterocycles. The minimum atomic E-state index is 0.204. The molecule has 1 atom stereocenters. The summed E-state index contributed by atoms with van der Waals surface area (Å²) in [5.74, 6) is 0.599. The number of nitrogens with one attached hydrogen (secondary N) is 1. The van der Waals surface area contributed by atoms with Gasteiger partial charge >= 0.3 is 0 Å². The number of rotatable bonds is 0. The summed E-state index contributed by atoms with van der Waals surface area (Å²) in [6.07, 6.45) is 0. The Balaban J connectivity index is 2.51. The zero-order valence-electron chi connectivity index (χ0n) is 8.81. The fourth-order valence-corrected chi connectivity index (χ4v) is 2.00. The molecule has 0 aliphatic carbocycles. The lowest BCUT2D eigenvalue weighted by Crippen LogP contribution is -2.30. The molecule has 1 aromatic carbocycles. The minimum Gasteiger partial charge on any atom is -0.379 e. The van der Waals surface area contributed by atoms with Crippen LogP contribution in [0.3, 0.4) is 0 Å². The second-order valence-corrected chi connectivity index (χ2v) is 4.66. The molecule has 13 heavy (non-hydrogen) atoms. The molecule has 1 nitrogen and oxygen atoms in total. The van der Waals surface area contributed by atoms with E-state index in [1.54, 1.807) is 0 Å². The average Bonchev–Trinajstić information content (AvgIpc) is 2.26. The Labute approximate surface area is 80.2 Å².